The van der Waals surface area contributed by atoms with Crippen LogP contribution in [-0.2, 0) is 14.4 Å². The number of imide groups is 1. The van der Waals surface area contributed by atoms with Crippen LogP contribution in [0.15, 0.2) is 53.0 Å². The molecule has 28 heavy (non-hydrogen) atoms. The lowest BCUT2D eigenvalue weighted by molar-refractivity contribution is -0.121. The average Bonchev–Trinajstić information content (AvgIpc) is 2.96. The van der Waals surface area contributed by atoms with Crippen LogP contribution < -0.4 is 15.0 Å². The van der Waals surface area contributed by atoms with Gasteiger partial charge in [-0.25, -0.2) is 4.90 Å². The second-order valence-corrected chi connectivity index (χ2v) is 8.16. The first-order valence-electron chi connectivity index (χ1n) is 8.74. The summed E-state index contributed by atoms with van der Waals surface area (Å²) in [4.78, 5) is 38.3. The van der Waals surface area contributed by atoms with E-state index in [4.69, 9.17) is 4.74 Å². The van der Waals surface area contributed by atoms with Gasteiger partial charge in [-0.2, -0.15) is 0 Å². The maximum absolute atomic E-state index is 12.7. The topological polar surface area (TPSA) is 75.7 Å². The lowest BCUT2D eigenvalue weighted by Crippen LogP contribution is -2.31. The second kappa shape index (κ2) is 9.25. The minimum absolute atomic E-state index is 0.0856. The minimum atomic E-state index is -0.560. The van der Waals surface area contributed by atoms with Gasteiger partial charge in [0.05, 0.1) is 23.3 Å². The summed E-state index contributed by atoms with van der Waals surface area (Å²) >= 11 is 4.52. The van der Waals surface area contributed by atoms with Gasteiger partial charge in [-0.15, -0.1) is 11.8 Å². The van der Waals surface area contributed by atoms with Crippen LogP contribution >= 0.6 is 27.7 Å². The summed E-state index contributed by atoms with van der Waals surface area (Å²) < 4.78 is 6.30. The number of anilines is 2. The van der Waals surface area contributed by atoms with Gasteiger partial charge in [0.2, 0.25) is 17.7 Å². The van der Waals surface area contributed by atoms with Gasteiger partial charge in [0.25, 0.3) is 0 Å². The summed E-state index contributed by atoms with van der Waals surface area (Å²) in [5.74, 6) is 0.000181. The predicted octanol–water partition coefficient (Wildman–Crippen LogP) is 3.85. The van der Waals surface area contributed by atoms with E-state index in [0.717, 1.165) is 4.47 Å². The van der Waals surface area contributed by atoms with Crippen LogP contribution in [-0.4, -0.2) is 35.3 Å². The molecule has 1 aliphatic rings. The molecule has 2 aromatic carbocycles. The van der Waals surface area contributed by atoms with Crippen LogP contribution in [0, 0.1) is 0 Å². The molecule has 6 nitrogen and oxygen atoms in total. The molecular formula is C20H19BrN2O4S. The van der Waals surface area contributed by atoms with E-state index in [2.05, 4.69) is 21.2 Å². The van der Waals surface area contributed by atoms with Crippen LogP contribution in [0.25, 0.3) is 0 Å². The van der Waals surface area contributed by atoms with E-state index < -0.39 is 5.25 Å². The second-order valence-electron chi connectivity index (χ2n) is 6.05. The summed E-state index contributed by atoms with van der Waals surface area (Å²) in [6.07, 6.45) is 0.0856. The number of benzene rings is 2. The van der Waals surface area contributed by atoms with Gasteiger partial charge in [-0.1, -0.05) is 15.9 Å². The SMILES string of the molecule is CCOc1ccc(N2C(=O)CC(SCC(=O)Nc3ccc(Br)cc3)C2=O)cc1. The summed E-state index contributed by atoms with van der Waals surface area (Å²) in [6, 6.07) is 14.1. The summed E-state index contributed by atoms with van der Waals surface area (Å²) in [6.45, 7) is 2.43. The summed E-state index contributed by atoms with van der Waals surface area (Å²) in [5.41, 5.74) is 1.19. The smallest absolute Gasteiger partial charge is 0.247 e. The van der Waals surface area contributed by atoms with Crippen molar-refractivity contribution in [2.45, 2.75) is 18.6 Å². The van der Waals surface area contributed by atoms with E-state index in [-0.39, 0.29) is 29.9 Å². The maximum atomic E-state index is 12.7. The van der Waals surface area contributed by atoms with Crippen LogP contribution in [0.2, 0.25) is 0 Å². The van der Waals surface area contributed by atoms with Gasteiger partial charge in [-0.05, 0) is 55.5 Å². The number of thioether (sulfide) groups is 1. The summed E-state index contributed by atoms with van der Waals surface area (Å²) in [5, 5.41) is 2.22. The molecule has 0 spiro atoms. The van der Waals surface area contributed by atoms with Crippen molar-refractivity contribution in [3.8, 4) is 5.75 Å². The molecule has 3 amide bonds. The Morgan fingerprint density at radius 2 is 1.86 bits per heavy atom. The molecule has 1 unspecified atom stereocenters. The molecule has 1 aliphatic heterocycles. The zero-order chi connectivity index (χ0) is 20.1. The highest BCUT2D eigenvalue weighted by atomic mass is 79.9. The third-order valence-electron chi connectivity index (χ3n) is 4.05. The quantitative estimate of drug-likeness (QED) is 0.632. The van der Waals surface area contributed by atoms with Crippen molar-refractivity contribution < 1.29 is 19.1 Å². The lowest BCUT2D eigenvalue weighted by Gasteiger charge is -2.15. The third kappa shape index (κ3) is 4.94. The van der Waals surface area contributed by atoms with Crippen LogP contribution in [0.4, 0.5) is 11.4 Å². The average molecular weight is 463 g/mol. The molecule has 146 valence electrons. The van der Waals surface area contributed by atoms with Crippen LogP contribution in [0.1, 0.15) is 13.3 Å². The zero-order valence-electron chi connectivity index (χ0n) is 15.2. The van der Waals surface area contributed by atoms with Crippen molar-refractivity contribution >= 4 is 56.8 Å². The van der Waals surface area contributed by atoms with Crippen molar-refractivity contribution in [2.75, 3.05) is 22.6 Å². The number of carbonyl (C=O) groups is 3. The van der Waals surface area contributed by atoms with E-state index in [1.54, 1.807) is 36.4 Å². The molecule has 1 atom stereocenters. The van der Waals surface area contributed by atoms with E-state index in [0.29, 0.717) is 23.7 Å². The molecule has 1 N–H and O–H groups in total. The molecule has 1 heterocycles. The number of hydrogen-bond acceptors (Lipinski definition) is 5. The fraction of sp³-hybridized carbons (Fsp3) is 0.250. The van der Waals surface area contributed by atoms with Crippen LogP contribution in [0.5, 0.6) is 5.75 Å². The highest BCUT2D eigenvalue weighted by Crippen LogP contribution is 2.30. The normalized spacial score (nSPS) is 16.4. The Morgan fingerprint density at radius 1 is 1.18 bits per heavy atom. The molecule has 1 fully saturated rings. The maximum Gasteiger partial charge on any atom is 0.247 e. The van der Waals surface area contributed by atoms with Gasteiger partial charge in [0, 0.05) is 16.6 Å². The van der Waals surface area contributed by atoms with E-state index in [1.807, 2.05) is 19.1 Å². The van der Waals surface area contributed by atoms with E-state index >= 15 is 0 Å². The first-order valence-corrected chi connectivity index (χ1v) is 10.6. The van der Waals surface area contributed by atoms with Crippen molar-refractivity contribution in [1.82, 2.24) is 0 Å². The first-order chi connectivity index (χ1) is 13.5. The highest BCUT2D eigenvalue weighted by molar-refractivity contribution is 9.10. The molecule has 0 aliphatic carbocycles. The lowest BCUT2D eigenvalue weighted by atomic mass is 10.3. The molecule has 0 radical (unpaired) electrons. The molecule has 3 rings (SSSR count). The van der Waals surface area contributed by atoms with Crippen LogP contribution in [0.3, 0.4) is 0 Å². The molecule has 0 aromatic heterocycles. The molecule has 0 bridgehead atoms. The minimum Gasteiger partial charge on any atom is -0.494 e. The number of carbonyl (C=O) groups excluding carboxylic acids is 3. The Hall–Kier alpha value is -2.32. The Bertz CT molecular complexity index is 871. The van der Waals surface area contributed by atoms with Crippen molar-refractivity contribution in [2.24, 2.45) is 0 Å². The van der Waals surface area contributed by atoms with Gasteiger partial charge in [0.1, 0.15) is 5.75 Å². The number of ether oxygens (including phenoxy) is 1. The Balaban J connectivity index is 1.57. The standard InChI is InChI=1S/C20H19BrN2O4S/c1-2-27-16-9-7-15(8-10-16)23-19(25)11-17(20(23)26)28-12-18(24)22-14-5-3-13(21)4-6-14/h3-10,17H,2,11-12H2,1H3,(H,22,24). The Labute approximate surface area is 175 Å². The van der Waals surface area contributed by atoms with Crippen molar-refractivity contribution in [3.05, 3.63) is 53.0 Å². The largest absolute Gasteiger partial charge is 0.494 e. The molecule has 8 heteroatoms. The number of nitrogens with zero attached hydrogens (tertiary/aromatic N) is 1. The van der Waals surface area contributed by atoms with Gasteiger partial charge >= 0.3 is 0 Å². The highest BCUT2D eigenvalue weighted by Gasteiger charge is 2.40. The summed E-state index contributed by atoms with van der Waals surface area (Å²) in [7, 11) is 0. The molecular weight excluding hydrogens is 444 g/mol. The number of amides is 3. The van der Waals surface area contributed by atoms with Gasteiger partial charge < -0.3 is 10.1 Å². The van der Waals surface area contributed by atoms with Crippen molar-refractivity contribution in [1.29, 1.82) is 0 Å². The molecule has 2 aromatic rings. The Morgan fingerprint density at radius 3 is 2.50 bits per heavy atom. The first kappa shape index (κ1) is 20.4. The number of nitrogens with one attached hydrogen (secondary N) is 1. The molecule has 0 saturated carbocycles. The fourth-order valence-corrected chi connectivity index (χ4v) is 3.97. The predicted molar refractivity (Wildman–Crippen MR) is 114 cm³/mol. The number of hydrogen-bond donors (Lipinski definition) is 1. The Kier molecular flexibility index (Phi) is 6.74. The zero-order valence-corrected chi connectivity index (χ0v) is 17.6. The monoisotopic (exact) mass is 462 g/mol. The third-order valence-corrected chi connectivity index (χ3v) is 5.78. The van der Waals surface area contributed by atoms with Gasteiger partial charge in [-0.3, -0.25) is 14.4 Å². The van der Waals surface area contributed by atoms with E-state index in [1.165, 1.54) is 16.7 Å². The van der Waals surface area contributed by atoms with Gasteiger partial charge in [0.15, 0.2) is 0 Å². The van der Waals surface area contributed by atoms with Crippen molar-refractivity contribution in [3.63, 3.8) is 0 Å². The fourth-order valence-electron chi connectivity index (χ4n) is 2.77. The number of halogens is 1. The number of rotatable bonds is 7. The van der Waals surface area contributed by atoms with E-state index in [9.17, 15) is 14.4 Å². The molecule has 1 saturated heterocycles.